The summed E-state index contributed by atoms with van der Waals surface area (Å²) in [6, 6.07) is 11.5. The van der Waals surface area contributed by atoms with Crippen molar-refractivity contribution < 1.29 is 24.6 Å². The molecule has 3 aromatic rings. The Bertz CT molecular complexity index is 1370. The molecule has 12 nitrogen and oxygen atoms in total. The lowest BCUT2D eigenvalue weighted by Crippen LogP contribution is -2.96. The number of benzene rings is 2. The first-order valence-corrected chi connectivity index (χ1v) is 12.3. The van der Waals surface area contributed by atoms with E-state index in [-0.39, 0.29) is 17.1 Å². The van der Waals surface area contributed by atoms with Crippen molar-refractivity contribution >= 4 is 53.2 Å². The minimum atomic E-state index is -1.08. The molecule has 3 rings (SSSR count). The zero-order valence-electron chi connectivity index (χ0n) is 21.3. The summed E-state index contributed by atoms with van der Waals surface area (Å²) in [6.07, 6.45) is 6.10. The number of hydrogen-bond donors (Lipinski definition) is 5. The second kappa shape index (κ2) is 13.9. The van der Waals surface area contributed by atoms with Crippen LogP contribution in [-0.4, -0.2) is 52.1 Å². The molecule has 1 aromatic heterocycles. The van der Waals surface area contributed by atoms with Gasteiger partial charge in [0.1, 0.15) is 12.4 Å². The van der Waals surface area contributed by atoms with Crippen LogP contribution in [0.3, 0.4) is 0 Å². The van der Waals surface area contributed by atoms with Crippen LogP contribution >= 0.6 is 11.6 Å². The van der Waals surface area contributed by atoms with Crippen molar-refractivity contribution in [3.8, 4) is 0 Å². The summed E-state index contributed by atoms with van der Waals surface area (Å²) in [7, 11) is 1.54. The molecular weight excluding hydrogens is 524 g/mol. The highest BCUT2D eigenvalue weighted by atomic mass is 35.5. The van der Waals surface area contributed by atoms with Crippen LogP contribution in [-0.2, 0) is 22.6 Å². The van der Waals surface area contributed by atoms with Crippen molar-refractivity contribution in [1.82, 2.24) is 15.1 Å². The van der Waals surface area contributed by atoms with Crippen LogP contribution < -0.4 is 21.1 Å². The molecule has 0 bridgehead atoms. The van der Waals surface area contributed by atoms with Crippen molar-refractivity contribution in [3.63, 3.8) is 0 Å². The van der Waals surface area contributed by atoms with Crippen LogP contribution in [0.15, 0.2) is 65.9 Å². The van der Waals surface area contributed by atoms with Crippen molar-refractivity contribution in [2.75, 3.05) is 17.7 Å². The molecule has 1 heterocycles. The molecule has 0 fully saturated rings. The van der Waals surface area contributed by atoms with Crippen molar-refractivity contribution in [2.24, 2.45) is 5.10 Å². The van der Waals surface area contributed by atoms with Crippen molar-refractivity contribution in [2.45, 2.75) is 25.9 Å². The number of carbonyl (C=O) groups excluding carboxylic acids is 2. The number of rotatable bonds is 12. The van der Waals surface area contributed by atoms with Crippen molar-refractivity contribution in [1.29, 1.82) is 0 Å². The standard InChI is InChI=1S/C26H29ClN8O4/c1-3-35-13-12-21(33-35)15-23(25(37)31-20-8-4-17(5-9-20)26(38)39)32-24(36)11-6-18-14-19(27)7-10-22(18)29-16-30-34(2)28/h4-14,16,23,28,34H,3,15H2,1-2H3,(H,29,30)(H,31,37)(H,32,36)(H,38,39)/b11-6+/t23-/m0/s1. The number of anilines is 2. The molecule has 13 heteroatoms. The third-order valence-electron chi connectivity index (χ3n) is 5.37. The highest BCUT2D eigenvalue weighted by Gasteiger charge is 2.22. The molecule has 2 amide bonds. The minimum absolute atomic E-state index is 0.0854. The Hall–Kier alpha value is -4.52. The van der Waals surface area contributed by atoms with Crippen LogP contribution in [0, 0.1) is 0 Å². The molecule has 0 aliphatic rings. The van der Waals surface area contributed by atoms with Gasteiger partial charge in [-0.1, -0.05) is 16.7 Å². The van der Waals surface area contributed by atoms with E-state index in [1.165, 1.54) is 43.7 Å². The molecule has 6 N–H and O–H groups in total. The van der Waals surface area contributed by atoms with E-state index in [0.717, 1.165) is 0 Å². The SMILES string of the molecule is CCn1ccc(C[C@H](NC(=O)/C=C/c2cc(Cl)ccc2N/C=N\[NH+](C)[NH-])C(=O)Nc2ccc(C(=O)O)cc2)n1. The number of carboxylic acid groups (broad SMARTS) is 1. The predicted octanol–water partition coefficient (Wildman–Crippen LogP) is 2.47. The Balaban J connectivity index is 1.77. The molecule has 39 heavy (non-hydrogen) atoms. The third-order valence-corrected chi connectivity index (χ3v) is 5.61. The summed E-state index contributed by atoms with van der Waals surface area (Å²) in [4.78, 5) is 37.1. The Labute approximate surface area is 230 Å². The topological polar surface area (TPSA) is 166 Å². The number of nitrogens with one attached hydrogen (secondary N) is 5. The fourth-order valence-corrected chi connectivity index (χ4v) is 3.60. The van der Waals surface area contributed by atoms with Gasteiger partial charge in [0.05, 0.1) is 18.3 Å². The van der Waals surface area contributed by atoms with Gasteiger partial charge in [0.15, 0.2) is 0 Å². The zero-order valence-corrected chi connectivity index (χ0v) is 22.1. The first-order valence-electron chi connectivity index (χ1n) is 11.9. The van der Waals surface area contributed by atoms with Crippen LogP contribution in [0.25, 0.3) is 11.9 Å². The van der Waals surface area contributed by atoms with Gasteiger partial charge in [0, 0.05) is 41.6 Å². The molecule has 1 unspecified atom stereocenters. The summed E-state index contributed by atoms with van der Waals surface area (Å²) in [5, 5.41) is 26.3. The van der Waals surface area contributed by atoms with Crippen LogP contribution in [0.2, 0.25) is 5.02 Å². The molecule has 2 atom stereocenters. The quantitative estimate of drug-likeness (QED) is 0.100. The lowest BCUT2D eigenvalue weighted by atomic mass is 10.1. The van der Waals surface area contributed by atoms with E-state index in [4.69, 9.17) is 22.6 Å². The van der Waals surface area contributed by atoms with E-state index >= 15 is 0 Å². The van der Waals surface area contributed by atoms with E-state index in [1.54, 1.807) is 41.2 Å². The largest absolute Gasteiger partial charge is 0.478 e. The van der Waals surface area contributed by atoms with Crippen LogP contribution in [0.4, 0.5) is 11.4 Å². The smallest absolute Gasteiger partial charge is 0.335 e. The minimum Gasteiger partial charge on any atom is -0.478 e. The molecule has 0 aliphatic heterocycles. The number of aromatic nitrogens is 2. The lowest BCUT2D eigenvalue weighted by Gasteiger charge is -2.17. The number of halogens is 1. The van der Waals surface area contributed by atoms with Gasteiger partial charge in [-0.05, 0) is 67.1 Å². The lowest BCUT2D eigenvalue weighted by molar-refractivity contribution is -0.832. The van der Waals surface area contributed by atoms with E-state index in [0.29, 0.717) is 34.2 Å². The molecule has 0 aliphatic carbocycles. The Kier molecular flexibility index (Phi) is 10.3. The Morgan fingerprint density at radius 1 is 1.21 bits per heavy atom. The molecule has 0 saturated heterocycles. The number of aryl methyl sites for hydroxylation is 1. The van der Waals surface area contributed by atoms with Gasteiger partial charge in [-0.25, -0.2) is 4.79 Å². The molecule has 2 aromatic carbocycles. The molecule has 204 valence electrons. The molecule has 0 radical (unpaired) electrons. The number of quaternary nitrogens is 1. The van der Waals surface area contributed by atoms with E-state index in [9.17, 15) is 14.4 Å². The number of carbonyl (C=O) groups is 3. The Morgan fingerprint density at radius 3 is 2.59 bits per heavy atom. The fraction of sp³-hybridized carbons (Fsp3) is 0.192. The highest BCUT2D eigenvalue weighted by molar-refractivity contribution is 6.30. The maximum Gasteiger partial charge on any atom is 0.335 e. The average molecular weight is 553 g/mol. The first-order chi connectivity index (χ1) is 18.6. The molecular formula is C26H29ClN8O4. The normalized spacial score (nSPS) is 12.8. The summed E-state index contributed by atoms with van der Waals surface area (Å²) < 4.78 is 1.72. The molecule has 0 spiro atoms. The monoisotopic (exact) mass is 552 g/mol. The average Bonchev–Trinajstić information content (AvgIpc) is 3.36. The van der Waals surface area contributed by atoms with E-state index in [2.05, 4.69) is 26.2 Å². The third kappa shape index (κ3) is 9.07. The number of amides is 2. The second-order valence-corrected chi connectivity index (χ2v) is 8.79. The van der Waals surface area contributed by atoms with Gasteiger partial charge in [0.2, 0.25) is 11.8 Å². The van der Waals surface area contributed by atoms with Gasteiger partial charge in [-0.2, -0.15) is 5.10 Å². The van der Waals surface area contributed by atoms with Gasteiger partial charge < -0.3 is 26.9 Å². The van der Waals surface area contributed by atoms with E-state index in [1.807, 2.05) is 6.92 Å². The summed E-state index contributed by atoms with van der Waals surface area (Å²) in [6.45, 7) is 2.59. The molecule has 0 saturated carbocycles. The zero-order chi connectivity index (χ0) is 28.4. The number of aromatic carboxylic acids is 1. The number of nitrogens with zero attached hydrogens (tertiary/aromatic N) is 3. The summed E-state index contributed by atoms with van der Waals surface area (Å²) in [5.41, 5.74) is 2.28. The number of carboxylic acids is 1. The highest BCUT2D eigenvalue weighted by Crippen LogP contribution is 2.21. The van der Waals surface area contributed by atoms with Crippen molar-refractivity contribution in [3.05, 3.63) is 88.5 Å². The van der Waals surface area contributed by atoms with Gasteiger partial charge in [-0.3, -0.25) is 19.4 Å². The Morgan fingerprint density at radius 2 is 1.95 bits per heavy atom. The van der Waals surface area contributed by atoms with Crippen LogP contribution in [0.5, 0.6) is 0 Å². The van der Waals surface area contributed by atoms with E-state index < -0.39 is 23.8 Å². The van der Waals surface area contributed by atoms with Crippen LogP contribution in [0.1, 0.15) is 28.5 Å². The maximum absolute atomic E-state index is 13.1. The summed E-state index contributed by atoms with van der Waals surface area (Å²) in [5.74, 6) is 5.29. The summed E-state index contributed by atoms with van der Waals surface area (Å²) >= 11 is 6.13. The van der Waals surface area contributed by atoms with Gasteiger partial charge in [-0.15, -0.1) is 0 Å². The van der Waals surface area contributed by atoms with Gasteiger partial charge in [0.25, 0.3) is 0 Å². The number of hydrogen-bond acceptors (Lipinski definition) is 5. The second-order valence-electron chi connectivity index (χ2n) is 8.35. The predicted molar refractivity (Wildman–Crippen MR) is 149 cm³/mol. The fourth-order valence-electron chi connectivity index (χ4n) is 3.42. The maximum atomic E-state index is 13.1. The first kappa shape index (κ1) is 29.0. The van der Waals surface area contributed by atoms with Gasteiger partial charge >= 0.3 is 5.97 Å².